The third kappa shape index (κ3) is 3.10. The zero-order valence-electron chi connectivity index (χ0n) is 11.5. The van der Waals surface area contributed by atoms with Gasteiger partial charge < -0.3 is 4.57 Å². The van der Waals surface area contributed by atoms with E-state index in [4.69, 9.17) is 11.6 Å². The number of hydrazine groups is 1. The Hall–Kier alpha value is -1.99. The lowest BCUT2D eigenvalue weighted by molar-refractivity contribution is -0.139. The van der Waals surface area contributed by atoms with Crippen molar-refractivity contribution in [3.8, 4) is 0 Å². The number of halogens is 1. The fourth-order valence-corrected chi connectivity index (χ4v) is 3.61. The summed E-state index contributed by atoms with van der Waals surface area (Å²) in [7, 11) is 0. The van der Waals surface area contributed by atoms with Crippen molar-refractivity contribution >= 4 is 35.2 Å². The lowest BCUT2D eigenvalue weighted by Gasteiger charge is -2.25. The summed E-state index contributed by atoms with van der Waals surface area (Å²) in [5.74, 6) is -0.124. The van der Waals surface area contributed by atoms with Gasteiger partial charge in [-0.1, -0.05) is 29.8 Å². The maximum absolute atomic E-state index is 12.1. The van der Waals surface area contributed by atoms with Crippen LogP contribution in [0.1, 0.15) is 10.9 Å². The van der Waals surface area contributed by atoms with Crippen molar-refractivity contribution in [2.24, 2.45) is 0 Å². The topological polar surface area (TPSA) is 67.2 Å². The first-order chi connectivity index (χ1) is 10.6. The molecular weight excluding hydrogens is 324 g/mol. The Morgan fingerprint density at radius 2 is 2.27 bits per heavy atom. The van der Waals surface area contributed by atoms with Crippen LogP contribution in [-0.2, 0) is 16.1 Å². The van der Waals surface area contributed by atoms with Gasteiger partial charge in [-0.3, -0.25) is 15.0 Å². The molecule has 8 heteroatoms. The first-order valence-corrected chi connectivity index (χ1v) is 8.01. The Balaban J connectivity index is 1.74. The van der Waals surface area contributed by atoms with Crippen molar-refractivity contribution < 1.29 is 9.59 Å². The summed E-state index contributed by atoms with van der Waals surface area (Å²) in [5, 5.41) is 1.61. The highest BCUT2D eigenvalue weighted by atomic mass is 35.5. The number of hydrogen-bond acceptors (Lipinski definition) is 4. The molecule has 1 aliphatic heterocycles. The van der Waals surface area contributed by atoms with Crippen molar-refractivity contribution in [2.45, 2.75) is 11.9 Å². The number of aromatic nitrogens is 2. The fourth-order valence-electron chi connectivity index (χ4n) is 2.17. The van der Waals surface area contributed by atoms with Crippen LogP contribution in [0.15, 0.2) is 43.0 Å². The molecule has 0 radical (unpaired) electrons. The van der Waals surface area contributed by atoms with Crippen molar-refractivity contribution in [1.29, 1.82) is 0 Å². The number of nitrogens with one attached hydrogen (secondary N) is 1. The molecule has 1 aliphatic rings. The summed E-state index contributed by atoms with van der Waals surface area (Å²) in [6.07, 6.45) is 4.83. The third-order valence-corrected chi connectivity index (χ3v) is 4.71. The largest absolute Gasteiger partial charge is 0.328 e. The molecular formula is C14H13ClN4O2S. The van der Waals surface area contributed by atoms with E-state index < -0.39 is 0 Å². The monoisotopic (exact) mass is 336 g/mol. The summed E-state index contributed by atoms with van der Waals surface area (Å²) >= 11 is 7.63. The van der Waals surface area contributed by atoms with Crippen LogP contribution in [-0.4, -0.2) is 32.1 Å². The van der Waals surface area contributed by atoms with Gasteiger partial charge >= 0.3 is 0 Å². The molecule has 0 spiro atoms. The predicted molar refractivity (Wildman–Crippen MR) is 83.9 cm³/mol. The van der Waals surface area contributed by atoms with E-state index in [1.807, 2.05) is 18.2 Å². The maximum Gasteiger partial charge on any atom is 0.258 e. The normalized spacial score (nSPS) is 17.8. The van der Waals surface area contributed by atoms with E-state index >= 15 is 0 Å². The maximum atomic E-state index is 12.1. The van der Waals surface area contributed by atoms with Gasteiger partial charge in [-0.2, -0.15) is 0 Å². The molecule has 1 saturated heterocycles. The zero-order chi connectivity index (χ0) is 15.5. The van der Waals surface area contributed by atoms with E-state index in [0.717, 1.165) is 5.56 Å². The number of rotatable bonds is 4. The van der Waals surface area contributed by atoms with E-state index in [9.17, 15) is 9.59 Å². The van der Waals surface area contributed by atoms with E-state index in [0.29, 0.717) is 10.8 Å². The van der Waals surface area contributed by atoms with E-state index in [1.54, 1.807) is 29.4 Å². The smallest absolute Gasteiger partial charge is 0.258 e. The van der Waals surface area contributed by atoms with Gasteiger partial charge in [0.1, 0.15) is 11.9 Å². The zero-order valence-corrected chi connectivity index (χ0v) is 13.0. The van der Waals surface area contributed by atoms with Crippen LogP contribution in [0.2, 0.25) is 5.02 Å². The SMILES string of the molecule is O=C(Cn1ccnc1)NN1C(=O)CSC1c1ccccc1Cl. The van der Waals surface area contributed by atoms with Crippen LogP contribution in [0.4, 0.5) is 0 Å². The number of benzene rings is 1. The Labute approximate surface area is 136 Å². The van der Waals surface area contributed by atoms with Crippen molar-refractivity contribution in [3.63, 3.8) is 0 Å². The first-order valence-electron chi connectivity index (χ1n) is 6.58. The van der Waals surface area contributed by atoms with Gasteiger partial charge in [-0.25, -0.2) is 9.99 Å². The second-order valence-corrected chi connectivity index (χ2v) is 6.19. The number of imidazole rings is 1. The van der Waals surface area contributed by atoms with Gasteiger partial charge in [0, 0.05) is 23.0 Å². The molecule has 1 aromatic heterocycles. The third-order valence-electron chi connectivity index (χ3n) is 3.17. The second kappa shape index (κ2) is 6.41. The van der Waals surface area contributed by atoms with Gasteiger partial charge in [0.25, 0.3) is 11.8 Å². The molecule has 0 aliphatic carbocycles. The molecule has 22 heavy (non-hydrogen) atoms. The highest BCUT2D eigenvalue weighted by Gasteiger charge is 2.35. The quantitative estimate of drug-likeness (QED) is 0.925. The van der Waals surface area contributed by atoms with Crippen LogP contribution in [0.3, 0.4) is 0 Å². The molecule has 114 valence electrons. The van der Waals surface area contributed by atoms with Crippen LogP contribution in [0, 0.1) is 0 Å². The van der Waals surface area contributed by atoms with Gasteiger partial charge in [0.15, 0.2) is 0 Å². The molecule has 0 bridgehead atoms. The molecule has 1 aromatic carbocycles. The lowest BCUT2D eigenvalue weighted by Crippen LogP contribution is -2.45. The van der Waals surface area contributed by atoms with E-state index in [-0.39, 0.29) is 23.7 Å². The number of hydrogen-bond donors (Lipinski definition) is 1. The molecule has 2 heterocycles. The molecule has 6 nitrogen and oxygen atoms in total. The highest BCUT2D eigenvalue weighted by molar-refractivity contribution is 8.00. The molecule has 0 saturated carbocycles. The Morgan fingerprint density at radius 1 is 1.45 bits per heavy atom. The number of thioether (sulfide) groups is 1. The number of carbonyl (C=O) groups excluding carboxylic acids is 2. The number of amides is 2. The summed E-state index contributed by atoms with van der Waals surface area (Å²) in [4.78, 5) is 28.0. The molecule has 1 unspecified atom stereocenters. The minimum Gasteiger partial charge on any atom is -0.328 e. The minimum absolute atomic E-state index is 0.101. The van der Waals surface area contributed by atoms with Crippen LogP contribution in [0.25, 0.3) is 0 Å². The van der Waals surface area contributed by atoms with Gasteiger partial charge in [0.05, 0.1) is 12.1 Å². The second-order valence-electron chi connectivity index (χ2n) is 4.72. The molecule has 3 rings (SSSR count). The summed E-state index contributed by atoms with van der Waals surface area (Å²) < 4.78 is 1.63. The summed E-state index contributed by atoms with van der Waals surface area (Å²) in [6, 6.07) is 7.31. The molecule has 1 atom stereocenters. The number of carbonyl (C=O) groups is 2. The Bertz CT molecular complexity index is 692. The predicted octanol–water partition coefficient (Wildman–Crippen LogP) is 1.84. The van der Waals surface area contributed by atoms with Gasteiger partial charge in [0.2, 0.25) is 0 Å². The van der Waals surface area contributed by atoms with Crippen molar-refractivity contribution in [1.82, 2.24) is 20.0 Å². The standard InChI is InChI=1S/C14H13ClN4O2S/c15-11-4-2-1-3-10(11)14-19(13(21)8-22-14)17-12(20)7-18-6-5-16-9-18/h1-6,9,14H,7-8H2,(H,17,20). The van der Waals surface area contributed by atoms with Crippen molar-refractivity contribution in [3.05, 3.63) is 53.6 Å². The van der Waals surface area contributed by atoms with Crippen LogP contribution >= 0.6 is 23.4 Å². The molecule has 1 fully saturated rings. The van der Waals surface area contributed by atoms with Crippen molar-refractivity contribution in [2.75, 3.05) is 5.75 Å². The average molecular weight is 337 g/mol. The minimum atomic E-state index is -0.312. The van der Waals surface area contributed by atoms with E-state index in [2.05, 4.69) is 10.4 Å². The summed E-state index contributed by atoms with van der Waals surface area (Å²) in [5.41, 5.74) is 3.47. The van der Waals surface area contributed by atoms with Gasteiger partial charge in [-0.05, 0) is 6.07 Å². The highest BCUT2D eigenvalue weighted by Crippen LogP contribution is 2.40. The average Bonchev–Trinajstić information content (AvgIpc) is 3.11. The van der Waals surface area contributed by atoms with Gasteiger partial charge in [-0.15, -0.1) is 11.8 Å². The number of nitrogens with zero attached hydrogens (tertiary/aromatic N) is 3. The van der Waals surface area contributed by atoms with Crippen LogP contribution < -0.4 is 5.43 Å². The van der Waals surface area contributed by atoms with Crippen LogP contribution in [0.5, 0.6) is 0 Å². The molecule has 2 aromatic rings. The Morgan fingerprint density at radius 3 is 3.00 bits per heavy atom. The molecule has 2 amide bonds. The lowest BCUT2D eigenvalue weighted by atomic mass is 10.2. The first kappa shape index (κ1) is 14.9. The fraction of sp³-hybridized carbons (Fsp3) is 0.214. The molecule has 1 N–H and O–H groups in total. The Kier molecular flexibility index (Phi) is 4.35. The summed E-state index contributed by atoms with van der Waals surface area (Å²) in [6.45, 7) is 0.101. The van der Waals surface area contributed by atoms with E-state index in [1.165, 1.54) is 16.8 Å².